The fourth-order valence-electron chi connectivity index (χ4n) is 3.64. The normalized spacial score (nSPS) is 18.6. The lowest BCUT2D eigenvalue weighted by Crippen LogP contribution is -2.55. The summed E-state index contributed by atoms with van der Waals surface area (Å²) in [7, 11) is 0. The molecule has 188 valence electrons. The summed E-state index contributed by atoms with van der Waals surface area (Å²) in [6, 6.07) is 6.22. The molecule has 2 aromatic carbocycles. The van der Waals surface area contributed by atoms with Crippen LogP contribution in [0.25, 0.3) is 11.1 Å². The van der Waals surface area contributed by atoms with Gasteiger partial charge in [-0.05, 0) is 48.2 Å². The van der Waals surface area contributed by atoms with E-state index in [0.29, 0.717) is 5.56 Å². The molecule has 4 N–H and O–H groups in total. The smallest absolute Gasteiger partial charge is 0.252 e. The lowest BCUT2D eigenvalue weighted by atomic mass is 9.92. The van der Waals surface area contributed by atoms with E-state index in [-0.39, 0.29) is 30.1 Å². The van der Waals surface area contributed by atoms with Crippen molar-refractivity contribution in [2.45, 2.75) is 38.0 Å². The van der Waals surface area contributed by atoms with E-state index >= 15 is 0 Å². The van der Waals surface area contributed by atoms with Gasteiger partial charge in [-0.1, -0.05) is 26.0 Å². The van der Waals surface area contributed by atoms with Gasteiger partial charge in [-0.15, -0.1) is 0 Å². The van der Waals surface area contributed by atoms with Crippen molar-refractivity contribution in [3.8, 4) is 11.1 Å². The Morgan fingerprint density at radius 2 is 1.69 bits per heavy atom. The Morgan fingerprint density at radius 3 is 2.23 bits per heavy atom. The first-order valence-corrected chi connectivity index (χ1v) is 11.2. The molecule has 2 unspecified atom stereocenters. The number of ketones is 1. The molecule has 0 spiro atoms. The SMILES string of the molecule is CC(C)CC(NC(=O)[C@H](CO)NC(=O)c1ccc(F)c(-c2ccc(F)cc2)c1)C(=O)C1(CO)CO1. The standard InChI is InChI=1S/C25H28F2N2O6/c1-14(2)9-20(22(32)25(12-31)13-35-25)28-24(34)21(11-30)29-23(33)16-5-8-19(27)18(10-16)15-3-6-17(26)7-4-15/h3-8,10,14,20-21,30-31H,9,11-13H2,1-2H3,(H,28,34)(H,29,33)/t20?,21-,25?/m0/s1. The van der Waals surface area contributed by atoms with Crippen LogP contribution in [0.3, 0.4) is 0 Å². The van der Waals surface area contributed by atoms with E-state index in [2.05, 4.69) is 10.6 Å². The molecule has 3 rings (SSSR count). The Labute approximate surface area is 201 Å². The maximum Gasteiger partial charge on any atom is 0.252 e. The third kappa shape index (κ3) is 6.27. The van der Waals surface area contributed by atoms with E-state index < -0.39 is 60.1 Å². The van der Waals surface area contributed by atoms with Crippen molar-refractivity contribution in [3.05, 3.63) is 59.7 Å². The summed E-state index contributed by atoms with van der Waals surface area (Å²) in [4.78, 5) is 38.4. The molecule has 1 aliphatic rings. The van der Waals surface area contributed by atoms with E-state index in [1.54, 1.807) is 0 Å². The molecule has 1 fully saturated rings. The first kappa shape index (κ1) is 26.4. The number of aliphatic hydroxyl groups excluding tert-OH is 2. The Balaban J connectivity index is 1.73. The largest absolute Gasteiger partial charge is 0.394 e. The third-order valence-corrected chi connectivity index (χ3v) is 5.73. The summed E-state index contributed by atoms with van der Waals surface area (Å²) >= 11 is 0. The van der Waals surface area contributed by atoms with E-state index in [0.717, 1.165) is 18.2 Å². The van der Waals surface area contributed by atoms with Crippen LogP contribution in [0.1, 0.15) is 30.6 Å². The first-order valence-electron chi connectivity index (χ1n) is 11.2. The van der Waals surface area contributed by atoms with Gasteiger partial charge in [0.1, 0.15) is 17.7 Å². The number of benzene rings is 2. The van der Waals surface area contributed by atoms with Gasteiger partial charge in [0.15, 0.2) is 11.4 Å². The number of ether oxygens (including phenoxy) is 1. The number of amides is 2. The average molecular weight is 491 g/mol. The zero-order valence-corrected chi connectivity index (χ0v) is 19.4. The summed E-state index contributed by atoms with van der Waals surface area (Å²) < 4.78 is 32.7. The molecule has 2 aromatic rings. The summed E-state index contributed by atoms with van der Waals surface area (Å²) in [5.41, 5.74) is -0.915. The van der Waals surface area contributed by atoms with Crippen LogP contribution in [-0.2, 0) is 14.3 Å². The molecule has 0 bridgehead atoms. The lowest BCUT2D eigenvalue weighted by Gasteiger charge is -2.24. The highest BCUT2D eigenvalue weighted by Crippen LogP contribution is 2.30. The molecular weight excluding hydrogens is 462 g/mol. The van der Waals surface area contributed by atoms with Gasteiger partial charge in [0.25, 0.3) is 5.91 Å². The minimum Gasteiger partial charge on any atom is -0.394 e. The zero-order valence-electron chi connectivity index (χ0n) is 19.4. The van der Waals surface area contributed by atoms with Crippen molar-refractivity contribution in [1.82, 2.24) is 10.6 Å². The maximum absolute atomic E-state index is 14.3. The molecule has 10 heteroatoms. The molecular formula is C25H28F2N2O6. The third-order valence-electron chi connectivity index (χ3n) is 5.73. The Kier molecular flexibility index (Phi) is 8.31. The molecule has 1 saturated heterocycles. The van der Waals surface area contributed by atoms with Gasteiger partial charge in [0.2, 0.25) is 5.91 Å². The van der Waals surface area contributed by atoms with Crippen LogP contribution in [0.5, 0.6) is 0 Å². The fraction of sp³-hybridized carbons (Fsp3) is 0.400. The van der Waals surface area contributed by atoms with E-state index in [9.17, 15) is 33.4 Å². The van der Waals surface area contributed by atoms with Crippen molar-refractivity contribution < 1.29 is 38.1 Å². The topological polar surface area (TPSA) is 128 Å². The highest BCUT2D eigenvalue weighted by atomic mass is 19.1. The fourth-order valence-corrected chi connectivity index (χ4v) is 3.64. The molecule has 1 aliphatic heterocycles. The molecule has 35 heavy (non-hydrogen) atoms. The number of epoxide rings is 1. The second-order valence-corrected chi connectivity index (χ2v) is 8.91. The van der Waals surface area contributed by atoms with Gasteiger partial charge in [0, 0.05) is 11.1 Å². The quantitative estimate of drug-likeness (QED) is 0.354. The van der Waals surface area contributed by atoms with E-state index in [1.807, 2.05) is 13.8 Å². The number of hydrogen-bond acceptors (Lipinski definition) is 6. The number of halogens is 2. The minimum atomic E-state index is -1.39. The molecule has 0 radical (unpaired) electrons. The highest BCUT2D eigenvalue weighted by Gasteiger charge is 2.54. The lowest BCUT2D eigenvalue weighted by molar-refractivity contribution is -0.133. The number of nitrogens with one attached hydrogen (secondary N) is 2. The Hall–Kier alpha value is -3.21. The minimum absolute atomic E-state index is 0.0115. The summed E-state index contributed by atoms with van der Waals surface area (Å²) in [5.74, 6) is -3.13. The summed E-state index contributed by atoms with van der Waals surface area (Å²) in [6.07, 6.45) is 0.265. The molecule has 3 atom stereocenters. The monoisotopic (exact) mass is 490 g/mol. The van der Waals surface area contributed by atoms with Crippen molar-refractivity contribution in [1.29, 1.82) is 0 Å². The van der Waals surface area contributed by atoms with Crippen LogP contribution in [0.2, 0.25) is 0 Å². The highest BCUT2D eigenvalue weighted by molar-refractivity contribution is 6.00. The van der Waals surface area contributed by atoms with Crippen molar-refractivity contribution >= 4 is 17.6 Å². The van der Waals surface area contributed by atoms with Crippen LogP contribution in [0, 0.1) is 17.6 Å². The van der Waals surface area contributed by atoms with Crippen LogP contribution in [-0.4, -0.2) is 65.3 Å². The molecule has 0 saturated carbocycles. The van der Waals surface area contributed by atoms with Crippen molar-refractivity contribution in [3.63, 3.8) is 0 Å². The molecule has 8 nitrogen and oxygen atoms in total. The number of hydrogen-bond donors (Lipinski definition) is 4. The van der Waals surface area contributed by atoms with Crippen LogP contribution < -0.4 is 10.6 Å². The Morgan fingerprint density at radius 1 is 1.03 bits per heavy atom. The van der Waals surface area contributed by atoms with Crippen LogP contribution in [0.4, 0.5) is 8.78 Å². The maximum atomic E-state index is 14.3. The van der Waals surface area contributed by atoms with Gasteiger partial charge in [-0.25, -0.2) is 8.78 Å². The van der Waals surface area contributed by atoms with E-state index in [1.165, 1.54) is 24.3 Å². The van der Waals surface area contributed by atoms with Gasteiger partial charge < -0.3 is 25.6 Å². The van der Waals surface area contributed by atoms with Crippen LogP contribution >= 0.6 is 0 Å². The first-order chi connectivity index (χ1) is 16.6. The number of carbonyl (C=O) groups excluding carboxylic acids is 3. The molecule has 0 aliphatic carbocycles. The summed E-state index contributed by atoms with van der Waals surface area (Å²) in [5, 5.41) is 24.1. The number of Topliss-reactive ketones (excluding diaryl/α,β-unsaturated/α-hetero) is 1. The Bertz CT molecular complexity index is 1090. The van der Waals surface area contributed by atoms with Crippen molar-refractivity contribution in [2.24, 2.45) is 5.92 Å². The predicted molar refractivity (Wildman–Crippen MR) is 122 cm³/mol. The van der Waals surface area contributed by atoms with Gasteiger partial charge in [-0.2, -0.15) is 0 Å². The van der Waals surface area contributed by atoms with Gasteiger partial charge >= 0.3 is 0 Å². The zero-order chi connectivity index (χ0) is 25.8. The molecule has 2 amide bonds. The molecule has 0 aromatic heterocycles. The predicted octanol–water partition coefficient (Wildman–Crippen LogP) is 1.58. The van der Waals surface area contributed by atoms with Crippen LogP contribution in [0.15, 0.2) is 42.5 Å². The second-order valence-electron chi connectivity index (χ2n) is 8.91. The second kappa shape index (κ2) is 11.0. The van der Waals surface area contributed by atoms with E-state index in [4.69, 9.17) is 4.74 Å². The number of rotatable bonds is 11. The van der Waals surface area contributed by atoms with Gasteiger partial charge in [-0.3, -0.25) is 14.4 Å². The number of aliphatic hydroxyl groups is 2. The molecule has 1 heterocycles. The average Bonchev–Trinajstić information content (AvgIpc) is 3.63. The van der Waals surface area contributed by atoms with Gasteiger partial charge in [0.05, 0.1) is 25.9 Å². The summed E-state index contributed by atoms with van der Waals surface area (Å²) in [6.45, 7) is 2.48. The van der Waals surface area contributed by atoms with Crippen molar-refractivity contribution in [2.75, 3.05) is 19.8 Å². The number of carbonyl (C=O) groups is 3.